The quantitative estimate of drug-likeness (QED) is 0.658. The Morgan fingerprint density at radius 3 is 2.33 bits per heavy atom. The van der Waals surface area contributed by atoms with E-state index in [-0.39, 0.29) is 6.10 Å². The Morgan fingerprint density at radius 2 is 1.58 bits per heavy atom. The predicted molar refractivity (Wildman–Crippen MR) is 99.9 cm³/mol. The molecule has 3 fully saturated rings. The minimum atomic E-state index is -0.165. The van der Waals surface area contributed by atoms with Crippen LogP contribution in [-0.4, -0.2) is 23.9 Å². The lowest BCUT2D eigenvalue weighted by molar-refractivity contribution is -0.0391. The summed E-state index contributed by atoms with van der Waals surface area (Å²) in [5.41, 5.74) is 0. The van der Waals surface area contributed by atoms with E-state index in [9.17, 15) is 5.11 Å². The minimum absolute atomic E-state index is 0.165. The van der Waals surface area contributed by atoms with Crippen molar-refractivity contribution < 1.29 is 9.84 Å². The van der Waals surface area contributed by atoms with Gasteiger partial charge in [-0.05, 0) is 82.0 Å². The summed E-state index contributed by atoms with van der Waals surface area (Å²) < 4.78 is 6.27. The van der Waals surface area contributed by atoms with Crippen molar-refractivity contribution in [2.24, 2.45) is 29.6 Å². The Kier molecular flexibility index (Phi) is 7.04. The molecule has 0 aromatic rings. The highest BCUT2D eigenvalue weighted by Crippen LogP contribution is 2.51. The third-order valence-electron chi connectivity index (χ3n) is 7.44. The molecular weight excluding hydrogens is 296 g/mol. The zero-order chi connectivity index (χ0) is 16.9. The number of ether oxygens (including phenoxy) is 1. The highest BCUT2D eigenvalue weighted by molar-refractivity contribution is 4.92. The van der Waals surface area contributed by atoms with Gasteiger partial charge in [-0.25, -0.2) is 0 Å². The van der Waals surface area contributed by atoms with E-state index in [4.69, 9.17) is 4.74 Å². The molecule has 1 N–H and O–H groups in total. The van der Waals surface area contributed by atoms with E-state index in [1.807, 2.05) is 6.92 Å². The van der Waals surface area contributed by atoms with Gasteiger partial charge in [0.2, 0.25) is 0 Å². The van der Waals surface area contributed by atoms with Gasteiger partial charge in [0.05, 0.1) is 18.8 Å². The van der Waals surface area contributed by atoms with Crippen LogP contribution in [0.1, 0.15) is 90.9 Å². The standard InChI is InChI=1S/C22H40O2/c1-16(23)7-5-8-17(2)24-15-21-12-6-11-20-13-18-9-3-4-10-19(18)14-22(20)21/h16-23H,3-15H2,1-2H3/t16-,17?,18?,19?,20?,21?,22?/m1/s1. The molecule has 0 aromatic heterocycles. The van der Waals surface area contributed by atoms with E-state index in [0.29, 0.717) is 6.10 Å². The molecule has 140 valence electrons. The van der Waals surface area contributed by atoms with Crippen molar-refractivity contribution in [3.05, 3.63) is 0 Å². The van der Waals surface area contributed by atoms with Gasteiger partial charge in [-0.1, -0.05) is 38.5 Å². The van der Waals surface area contributed by atoms with Gasteiger partial charge in [-0.15, -0.1) is 0 Å². The van der Waals surface area contributed by atoms with Crippen LogP contribution in [0.2, 0.25) is 0 Å². The molecule has 2 nitrogen and oxygen atoms in total. The molecule has 24 heavy (non-hydrogen) atoms. The molecule has 3 rings (SSSR count). The van der Waals surface area contributed by atoms with Gasteiger partial charge in [0.25, 0.3) is 0 Å². The molecule has 0 radical (unpaired) electrons. The second-order valence-corrected chi connectivity index (χ2v) is 9.31. The van der Waals surface area contributed by atoms with E-state index in [1.54, 1.807) is 0 Å². The second kappa shape index (κ2) is 9.03. The lowest BCUT2D eigenvalue weighted by atomic mass is 9.57. The number of aliphatic hydroxyl groups is 1. The summed E-state index contributed by atoms with van der Waals surface area (Å²) in [6.07, 6.45) is 16.7. The first-order valence-corrected chi connectivity index (χ1v) is 10.9. The summed E-state index contributed by atoms with van der Waals surface area (Å²) in [4.78, 5) is 0. The van der Waals surface area contributed by atoms with Crippen molar-refractivity contribution in [3.63, 3.8) is 0 Å². The monoisotopic (exact) mass is 336 g/mol. The van der Waals surface area contributed by atoms with Gasteiger partial charge < -0.3 is 9.84 Å². The van der Waals surface area contributed by atoms with Gasteiger partial charge in [0, 0.05) is 0 Å². The largest absolute Gasteiger partial charge is 0.393 e. The zero-order valence-electron chi connectivity index (χ0n) is 16.1. The minimum Gasteiger partial charge on any atom is -0.393 e. The smallest absolute Gasteiger partial charge is 0.0547 e. The third kappa shape index (κ3) is 4.97. The van der Waals surface area contributed by atoms with Crippen LogP contribution in [0.25, 0.3) is 0 Å². The summed E-state index contributed by atoms with van der Waals surface area (Å²) >= 11 is 0. The summed E-state index contributed by atoms with van der Waals surface area (Å²) in [5, 5.41) is 9.38. The summed E-state index contributed by atoms with van der Waals surface area (Å²) in [6.45, 7) is 5.10. The molecule has 0 bridgehead atoms. The fourth-order valence-electron chi connectivity index (χ4n) is 6.06. The molecule has 0 saturated heterocycles. The fourth-order valence-corrected chi connectivity index (χ4v) is 6.06. The van der Waals surface area contributed by atoms with Crippen molar-refractivity contribution in [2.75, 3.05) is 6.61 Å². The first kappa shape index (κ1) is 18.7. The summed E-state index contributed by atoms with van der Waals surface area (Å²) in [7, 11) is 0. The van der Waals surface area contributed by atoms with E-state index < -0.39 is 0 Å². The normalized spacial score (nSPS) is 38.9. The Bertz CT molecular complexity index is 367. The maximum absolute atomic E-state index is 9.38. The molecule has 0 amide bonds. The van der Waals surface area contributed by atoms with E-state index in [2.05, 4.69) is 6.92 Å². The molecule has 0 aliphatic heterocycles. The molecule has 3 saturated carbocycles. The van der Waals surface area contributed by atoms with Gasteiger partial charge >= 0.3 is 0 Å². The highest BCUT2D eigenvalue weighted by atomic mass is 16.5. The molecule has 3 aliphatic carbocycles. The van der Waals surface area contributed by atoms with Crippen molar-refractivity contribution in [3.8, 4) is 0 Å². The molecule has 6 unspecified atom stereocenters. The number of hydrogen-bond donors (Lipinski definition) is 1. The maximum Gasteiger partial charge on any atom is 0.0547 e. The van der Waals surface area contributed by atoms with E-state index >= 15 is 0 Å². The van der Waals surface area contributed by atoms with E-state index in [0.717, 1.165) is 55.5 Å². The van der Waals surface area contributed by atoms with E-state index in [1.165, 1.54) is 57.8 Å². The van der Waals surface area contributed by atoms with Crippen molar-refractivity contribution in [2.45, 2.75) is 103 Å². The highest BCUT2D eigenvalue weighted by Gasteiger charge is 2.42. The average molecular weight is 337 g/mol. The number of rotatable bonds is 7. The van der Waals surface area contributed by atoms with Gasteiger partial charge in [-0.3, -0.25) is 0 Å². The number of aliphatic hydroxyl groups excluding tert-OH is 1. The molecule has 0 aromatic carbocycles. The van der Waals surface area contributed by atoms with Crippen molar-refractivity contribution >= 4 is 0 Å². The van der Waals surface area contributed by atoms with Gasteiger partial charge in [0.15, 0.2) is 0 Å². The molecule has 0 spiro atoms. The molecule has 0 heterocycles. The van der Waals surface area contributed by atoms with Crippen LogP contribution < -0.4 is 0 Å². The lowest BCUT2D eigenvalue weighted by Gasteiger charge is -2.49. The first-order valence-electron chi connectivity index (χ1n) is 10.9. The molecule has 2 heteroatoms. The lowest BCUT2D eigenvalue weighted by Crippen LogP contribution is -2.41. The van der Waals surface area contributed by atoms with Crippen molar-refractivity contribution in [1.82, 2.24) is 0 Å². The van der Waals surface area contributed by atoms with Crippen LogP contribution in [0, 0.1) is 29.6 Å². The second-order valence-electron chi connectivity index (χ2n) is 9.31. The Morgan fingerprint density at radius 1 is 0.875 bits per heavy atom. The average Bonchev–Trinajstić information content (AvgIpc) is 2.57. The Labute approximate surface area is 149 Å². The molecule has 7 atom stereocenters. The number of fused-ring (bicyclic) bond motifs is 2. The molecular formula is C22H40O2. The molecule has 3 aliphatic rings. The Balaban J connectivity index is 1.45. The van der Waals surface area contributed by atoms with Crippen LogP contribution >= 0.6 is 0 Å². The summed E-state index contributed by atoms with van der Waals surface area (Å²) in [6, 6.07) is 0. The van der Waals surface area contributed by atoms with Crippen LogP contribution in [0.3, 0.4) is 0 Å². The fraction of sp³-hybridized carbons (Fsp3) is 1.00. The van der Waals surface area contributed by atoms with Crippen molar-refractivity contribution in [1.29, 1.82) is 0 Å². The first-order chi connectivity index (χ1) is 11.6. The van der Waals surface area contributed by atoms with Gasteiger partial charge in [0.1, 0.15) is 0 Å². The Hall–Kier alpha value is -0.0800. The van der Waals surface area contributed by atoms with Crippen LogP contribution in [-0.2, 0) is 4.74 Å². The summed E-state index contributed by atoms with van der Waals surface area (Å²) in [5.74, 6) is 4.91. The SMILES string of the molecule is CC(CCC[C@@H](C)O)OCC1CCCC2CC3CCCCC3CC12. The number of hydrogen-bond acceptors (Lipinski definition) is 2. The van der Waals surface area contributed by atoms with Gasteiger partial charge in [-0.2, -0.15) is 0 Å². The maximum atomic E-state index is 9.38. The van der Waals surface area contributed by atoms with Crippen LogP contribution in [0.5, 0.6) is 0 Å². The van der Waals surface area contributed by atoms with Crippen LogP contribution in [0.15, 0.2) is 0 Å². The van der Waals surface area contributed by atoms with Crippen LogP contribution in [0.4, 0.5) is 0 Å². The zero-order valence-corrected chi connectivity index (χ0v) is 16.1. The topological polar surface area (TPSA) is 29.5 Å². The predicted octanol–water partition coefficient (Wildman–Crippen LogP) is 5.58. The third-order valence-corrected chi connectivity index (χ3v) is 7.44.